The van der Waals surface area contributed by atoms with E-state index in [0.717, 1.165) is 0 Å². The van der Waals surface area contributed by atoms with Gasteiger partial charge in [-0.3, -0.25) is 4.79 Å². The first-order valence-electron chi connectivity index (χ1n) is 3.88. The lowest BCUT2D eigenvalue weighted by Gasteiger charge is -1.95. The minimum absolute atomic E-state index is 0.148. The van der Waals surface area contributed by atoms with E-state index in [-0.39, 0.29) is 24.8 Å². The lowest BCUT2D eigenvalue weighted by molar-refractivity contribution is -0.389. The number of methoxy groups -OCH3 is 1. The van der Waals surface area contributed by atoms with Gasteiger partial charge in [-0.2, -0.15) is 4.68 Å². The summed E-state index contributed by atoms with van der Waals surface area (Å²) in [5.74, 6) is -0.599. The molecule has 7 nitrogen and oxygen atoms in total. The minimum Gasteiger partial charge on any atom is -0.469 e. The highest BCUT2D eigenvalue weighted by Crippen LogP contribution is 2.05. The summed E-state index contributed by atoms with van der Waals surface area (Å²) < 4.78 is 5.74. The van der Waals surface area contributed by atoms with Gasteiger partial charge in [-0.1, -0.05) is 0 Å². The maximum Gasteiger partial charge on any atom is 0.389 e. The summed E-state index contributed by atoms with van der Waals surface area (Å²) in [6.07, 6.45) is 1.59. The fourth-order valence-corrected chi connectivity index (χ4v) is 0.881. The van der Waals surface area contributed by atoms with E-state index in [1.54, 1.807) is 0 Å². The van der Waals surface area contributed by atoms with Crippen molar-refractivity contribution < 1.29 is 14.5 Å². The number of hydrogen-bond acceptors (Lipinski definition) is 5. The largest absolute Gasteiger partial charge is 0.469 e. The van der Waals surface area contributed by atoms with Gasteiger partial charge >= 0.3 is 11.8 Å². The molecule has 0 aliphatic heterocycles. The van der Waals surface area contributed by atoms with E-state index in [4.69, 9.17) is 0 Å². The SMILES string of the molecule is COC(=O)CCn1ccc([N+](=O)[O-])n1. The zero-order valence-electron chi connectivity index (χ0n) is 7.54. The van der Waals surface area contributed by atoms with Crippen molar-refractivity contribution in [2.45, 2.75) is 13.0 Å². The molecule has 0 aliphatic carbocycles. The zero-order chi connectivity index (χ0) is 10.6. The van der Waals surface area contributed by atoms with Gasteiger partial charge in [0.15, 0.2) is 0 Å². The second-order valence-corrected chi connectivity index (χ2v) is 2.52. The van der Waals surface area contributed by atoms with E-state index < -0.39 is 4.92 Å². The number of esters is 1. The fraction of sp³-hybridized carbons (Fsp3) is 0.429. The van der Waals surface area contributed by atoms with Crippen molar-refractivity contribution in [3.8, 4) is 0 Å². The molecule has 0 atom stereocenters. The molecule has 0 N–H and O–H groups in total. The molecule has 0 unspecified atom stereocenters. The van der Waals surface area contributed by atoms with E-state index in [2.05, 4.69) is 9.84 Å². The number of nitrogens with zero attached hydrogens (tertiary/aromatic N) is 3. The third-order valence-corrected chi connectivity index (χ3v) is 1.59. The first-order valence-corrected chi connectivity index (χ1v) is 3.88. The first kappa shape index (κ1) is 10.2. The number of nitro groups is 1. The van der Waals surface area contributed by atoms with Crippen molar-refractivity contribution in [1.29, 1.82) is 0 Å². The maximum atomic E-state index is 10.7. The number of ether oxygens (including phenoxy) is 1. The number of carbonyl (C=O) groups is 1. The molecule has 0 aliphatic rings. The fourth-order valence-electron chi connectivity index (χ4n) is 0.881. The molecule has 1 rings (SSSR count). The van der Waals surface area contributed by atoms with Crippen LogP contribution in [-0.4, -0.2) is 27.8 Å². The van der Waals surface area contributed by atoms with Crippen LogP contribution in [0.1, 0.15) is 6.42 Å². The molecule has 76 valence electrons. The number of rotatable bonds is 4. The molecule has 14 heavy (non-hydrogen) atoms. The van der Waals surface area contributed by atoms with Crippen LogP contribution in [0.25, 0.3) is 0 Å². The van der Waals surface area contributed by atoms with E-state index in [1.807, 2.05) is 0 Å². The van der Waals surface area contributed by atoms with Crippen LogP contribution in [0.4, 0.5) is 5.82 Å². The van der Waals surface area contributed by atoms with Gasteiger partial charge in [0, 0.05) is 0 Å². The Labute approximate surface area is 79.4 Å². The number of aryl methyl sites for hydroxylation is 1. The van der Waals surface area contributed by atoms with Gasteiger partial charge in [0.1, 0.15) is 0 Å². The molecular weight excluding hydrogens is 190 g/mol. The predicted octanol–water partition coefficient (Wildman–Crippen LogP) is 0.354. The molecule has 7 heteroatoms. The van der Waals surface area contributed by atoms with Crippen LogP contribution in [0.3, 0.4) is 0 Å². The van der Waals surface area contributed by atoms with E-state index in [9.17, 15) is 14.9 Å². The second kappa shape index (κ2) is 4.35. The van der Waals surface area contributed by atoms with Gasteiger partial charge in [-0.05, 0) is 4.92 Å². The van der Waals surface area contributed by atoms with E-state index >= 15 is 0 Å². The lowest BCUT2D eigenvalue weighted by Crippen LogP contribution is -2.07. The van der Waals surface area contributed by atoms with Crippen LogP contribution in [0.5, 0.6) is 0 Å². The Morgan fingerprint density at radius 2 is 2.50 bits per heavy atom. The van der Waals surface area contributed by atoms with Crippen LogP contribution in [0.2, 0.25) is 0 Å². The Bertz CT molecular complexity index is 346. The topological polar surface area (TPSA) is 87.3 Å². The monoisotopic (exact) mass is 199 g/mol. The number of carbonyl (C=O) groups excluding carboxylic acids is 1. The highest BCUT2D eigenvalue weighted by Gasteiger charge is 2.11. The van der Waals surface area contributed by atoms with Crippen molar-refractivity contribution in [2.75, 3.05) is 7.11 Å². The zero-order valence-corrected chi connectivity index (χ0v) is 7.54. The smallest absolute Gasteiger partial charge is 0.389 e. The van der Waals surface area contributed by atoms with Gasteiger partial charge in [0.25, 0.3) is 0 Å². The van der Waals surface area contributed by atoms with Gasteiger partial charge < -0.3 is 14.9 Å². The Hall–Kier alpha value is -1.92. The van der Waals surface area contributed by atoms with Crippen LogP contribution in [0, 0.1) is 10.1 Å². The number of hydrogen-bond donors (Lipinski definition) is 0. The molecule has 0 aromatic carbocycles. The Kier molecular flexibility index (Phi) is 3.16. The second-order valence-electron chi connectivity index (χ2n) is 2.52. The summed E-state index contributed by atoms with van der Waals surface area (Å²) in [5.41, 5.74) is 0. The summed E-state index contributed by atoms with van der Waals surface area (Å²) in [7, 11) is 1.29. The van der Waals surface area contributed by atoms with E-state index in [0.29, 0.717) is 0 Å². The lowest BCUT2D eigenvalue weighted by atomic mass is 10.4. The first-order chi connectivity index (χ1) is 6.63. The molecule has 0 saturated heterocycles. The average molecular weight is 199 g/mol. The molecule has 1 heterocycles. The standard InChI is InChI=1S/C7H9N3O4/c1-14-7(11)3-5-9-4-2-6(8-9)10(12)13/h2,4H,3,5H2,1H3. The van der Waals surface area contributed by atoms with Gasteiger partial charge in [-0.15, -0.1) is 0 Å². The Morgan fingerprint density at radius 3 is 3.00 bits per heavy atom. The van der Waals surface area contributed by atoms with Crippen molar-refractivity contribution in [2.24, 2.45) is 0 Å². The molecule has 0 saturated carbocycles. The average Bonchev–Trinajstić information content (AvgIpc) is 2.62. The molecule has 0 bridgehead atoms. The summed E-state index contributed by atoms with van der Waals surface area (Å²) >= 11 is 0. The summed E-state index contributed by atoms with van der Waals surface area (Å²) in [6.45, 7) is 0.278. The Morgan fingerprint density at radius 1 is 1.79 bits per heavy atom. The molecule has 0 spiro atoms. The van der Waals surface area contributed by atoms with Gasteiger partial charge in [0.05, 0.1) is 37.4 Å². The molecular formula is C7H9N3O4. The highest BCUT2D eigenvalue weighted by atomic mass is 16.6. The van der Waals surface area contributed by atoms with Crippen molar-refractivity contribution in [3.63, 3.8) is 0 Å². The van der Waals surface area contributed by atoms with Crippen molar-refractivity contribution >= 4 is 11.8 Å². The molecule has 1 aromatic rings. The molecule has 0 amide bonds. The third-order valence-electron chi connectivity index (χ3n) is 1.59. The molecule has 0 radical (unpaired) electrons. The minimum atomic E-state index is -0.589. The van der Waals surface area contributed by atoms with Crippen LogP contribution in [-0.2, 0) is 16.1 Å². The third kappa shape index (κ3) is 2.54. The van der Waals surface area contributed by atoms with Crippen LogP contribution >= 0.6 is 0 Å². The van der Waals surface area contributed by atoms with Crippen LogP contribution in [0.15, 0.2) is 12.3 Å². The van der Waals surface area contributed by atoms with Crippen molar-refractivity contribution in [3.05, 3.63) is 22.4 Å². The summed E-state index contributed by atoms with van der Waals surface area (Å²) in [4.78, 5) is 20.4. The number of aromatic nitrogens is 2. The molecule has 0 fully saturated rings. The van der Waals surface area contributed by atoms with Gasteiger partial charge in [-0.25, -0.2) is 0 Å². The summed E-state index contributed by atoms with van der Waals surface area (Å²) in [6, 6.07) is 1.28. The highest BCUT2D eigenvalue weighted by molar-refractivity contribution is 5.68. The quantitative estimate of drug-likeness (QED) is 0.396. The Balaban J connectivity index is 2.52. The van der Waals surface area contributed by atoms with Crippen LogP contribution < -0.4 is 0 Å². The summed E-state index contributed by atoms with van der Waals surface area (Å²) in [5, 5.41) is 13.9. The normalized spacial score (nSPS) is 9.79. The van der Waals surface area contributed by atoms with Crippen molar-refractivity contribution in [1.82, 2.24) is 9.78 Å². The maximum absolute atomic E-state index is 10.7. The van der Waals surface area contributed by atoms with Gasteiger partial charge in [0.2, 0.25) is 0 Å². The predicted molar refractivity (Wildman–Crippen MR) is 45.5 cm³/mol. The van der Waals surface area contributed by atoms with E-state index in [1.165, 1.54) is 24.1 Å². The molecule has 1 aromatic heterocycles.